The van der Waals surface area contributed by atoms with Gasteiger partial charge in [0.1, 0.15) is 0 Å². The molecule has 2 aliphatic rings. The normalized spacial score (nSPS) is 32.1. The Bertz CT molecular complexity index is 182. The highest BCUT2D eigenvalue weighted by Gasteiger charge is 2.18. The summed E-state index contributed by atoms with van der Waals surface area (Å²) >= 11 is 0. The smallest absolute Gasteiger partial charge is 0.0542 e. The Morgan fingerprint density at radius 1 is 0.800 bits per heavy atom. The molecule has 2 fully saturated rings. The fourth-order valence-electron chi connectivity index (χ4n) is 3.01. The molecule has 0 aliphatic heterocycles. The Balaban J connectivity index is 0.000000272. The first-order valence-corrected chi connectivity index (χ1v) is 9.19. The molecule has 4 atom stereocenters. The Kier molecular flexibility index (Phi) is 12.7. The van der Waals surface area contributed by atoms with E-state index in [-0.39, 0.29) is 6.10 Å². The maximum Gasteiger partial charge on any atom is 0.0542 e. The summed E-state index contributed by atoms with van der Waals surface area (Å²) in [5.74, 6) is 2.80. The van der Waals surface area contributed by atoms with Crippen LogP contribution in [0.15, 0.2) is 0 Å². The molecule has 122 valence electrons. The molecule has 1 N–H and O–H groups in total. The number of rotatable bonds is 3. The van der Waals surface area contributed by atoms with E-state index in [9.17, 15) is 0 Å². The van der Waals surface area contributed by atoms with Crippen LogP contribution >= 0.6 is 0 Å². The molecule has 0 heterocycles. The molecule has 0 aromatic heterocycles. The van der Waals surface area contributed by atoms with Crippen LogP contribution in [0.5, 0.6) is 0 Å². The molecule has 0 aromatic rings. The molecule has 0 aromatic carbocycles. The highest BCUT2D eigenvalue weighted by molar-refractivity contribution is 4.70. The molecule has 0 amide bonds. The third-order valence-electron chi connectivity index (χ3n) is 4.91. The molecule has 2 aliphatic carbocycles. The molecule has 1 heteroatoms. The van der Waals surface area contributed by atoms with Gasteiger partial charge in [0, 0.05) is 0 Å². The summed E-state index contributed by atoms with van der Waals surface area (Å²) in [6.07, 6.45) is 13.3. The Morgan fingerprint density at radius 2 is 1.30 bits per heavy atom. The van der Waals surface area contributed by atoms with Gasteiger partial charge in [-0.25, -0.2) is 0 Å². The Morgan fingerprint density at radius 3 is 1.45 bits per heavy atom. The monoisotopic (exact) mass is 284 g/mol. The topological polar surface area (TPSA) is 20.2 Å². The van der Waals surface area contributed by atoms with Gasteiger partial charge < -0.3 is 5.11 Å². The summed E-state index contributed by atoms with van der Waals surface area (Å²) in [5.41, 5.74) is 0. The van der Waals surface area contributed by atoms with E-state index >= 15 is 0 Å². The van der Waals surface area contributed by atoms with Gasteiger partial charge in [0.2, 0.25) is 0 Å². The Labute approximate surface area is 128 Å². The van der Waals surface area contributed by atoms with Crippen molar-refractivity contribution in [2.24, 2.45) is 17.8 Å². The summed E-state index contributed by atoms with van der Waals surface area (Å²) in [4.78, 5) is 0. The van der Waals surface area contributed by atoms with Gasteiger partial charge >= 0.3 is 0 Å². The highest BCUT2D eigenvalue weighted by atomic mass is 16.3. The fourth-order valence-corrected chi connectivity index (χ4v) is 3.01. The van der Waals surface area contributed by atoms with Crippen molar-refractivity contribution in [1.29, 1.82) is 0 Å². The summed E-state index contributed by atoms with van der Waals surface area (Å²) < 4.78 is 0. The third kappa shape index (κ3) is 10.7. The maximum atomic E-state index is 8.90. The molecule has 0 saturated heterocycles. The van der Waals surface area contributed by atoms with Crippen molar-refractivity contribution in [1.82, 2.24) is 0 Å². The van der Waals surface area contributed by atoms with Gasteiger partial charge in [-0.05, 0) is 37.0 Å². The first-order chi connectivity index (χ1) is 9.51. The quantitative estimate of drug-likeness (QED) is 0.612. The molecule has 1 nitrogen and oxygen atoms in total. The predicted octanol–water partition coefficient (Wildman–Crippen LogP) is 6.20. The van der Waals surface area contributed by atoms with Gasteiger partial charge in [0.15, 0.2) is 0 Å². The van der Waals surface area contributed by atoms with Crippen molar-refractivity contribution in [3.8, 4) is 0 Å². The standard InChI is InChI=1S/C7H14.C6H12O.C6H14/c1-6-4-3-5-7(6)2;1-5-2-3-6(7)4-5;1-3-5-6-4-2/h6-7H,3-5H2,1-2H3;5-7H,2-4H2,1H3;3-6H2,1-2H3. The number of aliphatic hydroxyl groups is 1. The van der Waals surface area contributed by atoms with Gasteiger partial charge in [0.25, 0.3) is 0 Å². The highest BCUT2D eigenvalue weighted by Crippen LogP contribution is 2.29. The second-order valence-electron chi connectivity index (χ2n) is 7.16. The Hall–Kier alpha value is -0.0400. The molecule has 20 heavy (non-hydrogen) atoms. The van der Waals surface area contributed by atoms with E-state index < -0.39 is 0 Å². The first kappa shape index (κ1) is 20.0. The minimum atomic E-state index is 0.0231. The van der Waals surface area contributed by atoms with Crippen LogP contribution in [-0.2, 0) is 0 Å². The van der Waals surface area contributed by atoms with Crippen LogP contribution in [0.1, 0.15) is 98.8 Å². The summed E-state index contributed by atoms with van der Waals surface area (Å²) in [7, 11) is 0. The third-order valence-corrected chi connectivity index (χ3v) is 4.91. The van der Waals surface area contributed by atoms with Crippen molar-refractivity contribution in [2.45, 2.75) is 105 Å². The van der Waals surface area contributed by atoms with Crippen LogP contribution < -0.4 is 0 Å². The van der Waals surface area contributed by atoms with Gasteiger partial charge in [-0.3, -0.25) is 0 Å². The molecule has 4 unspecified atom stereocenters. The zero-order valence-electron chi connectivity index (χ0n) is 14.8. The van der Waals surface area contributed by atoms with Crippen molar-refractivity contribution < 1.29 is 5.11 Å². The summed E-state index contributed by atoms with van der Waals surface area (Å²) in [6, 6.07) is 0. The zero-order valence-corrected chi connectivity index (χ0v) is 14.8. The molecule has 0 spiro atoms. The molecular weight excluding hydrogens is 244 g/mol. The van der Waals surface area contributed by atoms with Crippen molar-refractivity contribution in [3.63, 3.8) is 0 Å². The van der Waals surface area contributed by atoms with Crippen LogP contribution in [0.2, 0.25) is 0 Å². The van der Waals surface area contributed by atoms with E-state index in [1.165, 1.54) is 51.4 Å². The van der Waals surface area contributed by atoms with E-state index in [0.717, 1.165) is 30.6 Å². The fraction of sp³-hybridized carbons (Fsp3) is 1.00. The summed E-state index contributed by atoms with van der Waals surface area (Å²) in [5, 5.41) is 8.90. The second-order valence-corrected chi connectivity index (χ2v) is 7.16. The van der Waals surface area contributed by atoms with Crippen LogP contribution in [0.4, 0.5) is 0 Å². The van der Waals surface area contributed by atoms with Crippen molar-refractivity contribution >= 4 is 0 Å². The van der Waals surface area contributed by atoms with E-state index in [0.29, 0.717) is 0 Å². The van der Waals surface area contributed by atoms with Crippen LogP contribution in [-0.4, -0.2) is 11.2 Å². The maximum absolute atomic E-state index is 8.90. The van der Waals surface area contributed by atoms with Gasteiger partial charge in [-0.15, -0.1) is 0 Å². The minimum Gasteiger partial charge on any atom is -0.393 e. The van der Waals surface area contributed by atoms with E-state index in [1.54, 1.807) is 0 Å². The molecule has 0 radical (unpaired) electrons. The number of hydrogen-bond acceptors (Lipinski definition) is 1. The predicted molar refractivity (Wildman–Crippen MR) is 91.0 cm³/mol. The lowest BCUT2D eigenvalue weighted by Gasteiger charge is -2.05. The first-order valence-electron chi connectivity index (χ1n) is 9.19. The van der Waals surface area contributed by atoms with Gasteiger partial charge in [-0.1, -0.05) is 79.6 Å². The SMILES string of the molecule is CC1CCC(O)C1.CC1CCCC1C.CCCCCC. The van der Waals surface area contributed by atoms with E-state index in [2.05, 4.69) is 34.6 Å². The largest absolute Gasteiger partial charge is 0.393 e. The van der Waals surface area contributed by atoms with E-state index in [4.69, 9.17) is 5.11 Å². The lowest BCUT2D eigenvalue weighted by molar-refractivity contribution is 0.179. The van der Waals surface area contributed by atoms with Gasteiger partial charge in [-0.2, -0.15) is 0 Å². The van der Waals surface area contributed by atoms with Crippen molar-refractivity contribution in [2.75, 3.05) is 0 Å². The van der Waals surface area contributed by atoms with Crippen LogP contribution in [0, 0.1) is 17.8 Å². The minimum absolute atomic E-state index is 0.0231. The molecular formula is C19H40O. The zero-order chi connectivity index (χ0) is 15.4. The summed E-state index contributed by atoms with van der Waals surface area (Å²) in [6.45, 7) is 11.4. The number of hydrogen-bond donors (Lipinski definition) is 1. The lowest BCUT2D eigenvalue weighted by atomic mass is 10.0. The van der Waals surface area contributed by atoms with Gasteiger partial charge in [0.05, 0.1) is 6.10 Å². The molecule has 2 saturated carbocycles. The average molecular weight is 285 g/mol. The second kappa shape index (κ2) is 12.7. The lowest BCUT2D eigenvalue weighted by Crippen LogP contribution is -1.97. The number of unbranched alkanes of at least 4 members (excludes halogenated alkanes) is 3. The van der Waals surface area contributed by atoms with Crippen LogP contribution in [0.3, 0.4) is 0 Å². The van der Waals surface area contributed by atoms with E-state index in [1.807, 2.05) is 0 Å². The average Bonchev–Trinajstić information content (AvgIpc) is 2.97. The molecule has 2 rings (SSSR count). The van der Waals surface area contributed by atoms with Crippen molar-refractivity contribution in [3.05, 3.63) is 0 Å². The number of aliphatic hydroxyl groups excluding tert-OH is 1. The van der Waals surface area contributed by atoms with Crippen LogP contribution in [0.25, 0.3) is 0 Å². The molecule has 0 bridgehead atoms.